The van der Waals surface area contributed by atoms with Gasteiger partial charge in [0.05, 0.1) is 23.3 Å². The van der Waals surface area contributed by atoms with Crippen molar-refractivity contribution in [1.29, 1.82) is 0 Å². The number of thioether (sulfide) groups is 1. The van der Waals surface area contributed by atoms with Gasteiger partial charge in [-0.15, -0.1) is 0 Å². The van der Waals surface area contributed by atoms with Crippen molar-refractivity contribution in [3.05, 3.63) is 64.6 Å². The van der Waals surface area contributed by atoms with Crippen molar-refractivity contribution >= 4 is 57.8 Å². The number of carboxylic acid groups (broad SMARTS) is 1. The van der Waals surface area contributed by atoms with E-state index < -0.39 is 5.97 Å². The third-order valence-corrected chi connectivity index (χ3v) is 5.88. The number of amides is 2. The first-order chi connectivity index (χ1) is 14.9. The number of methoxy groups -OCH3 is 1. The highest BCUT2D eigenvalue weighted by Gasteiger charge is 2.31. The zero-order valence-corrected chi connectivity index (χ0v) is 18.3. The highest BCUT2D eigenvalue weighted by atomic mass is 32.2. The molecule has 1 aliphatic heterocycles. The number of carboxylic acids is 1. The number of carbonyl (C=O) groups excluding carboxylic acids is 2. The van der Waals surface area contributed by atoms with Crippen molar-refractivity contribution in [3.63, 3.8) is 0 Å². The molecule has 0 aromatic heterocycles. The second kappa shape index (κ2) is 10.2. The van der Waals surface area contributed by atoms with E-state index in [1.54, 1.807) is 25.3 Å². The Labute approximate surface area is 189 Å². The van der Waals surface area contributed by atoms with Crippen molar-refractivity contribution in [3.8, 4) is 5.75 Å². The number of rotatable bonds is 8. The maximum absolute atomic E-state index is 12.7. The summed E-state index contributed by atoms with van der Waals surface area (Å²) in [5.74, 6) is -0.901. The molecule has 0 spiro atoms. The highest BCUT2D eigenvalue weighted by molar-refractivity contribution is 8.26. The fourth-order valence-corrected chi connectivity index (χ4v) is 4.24. The predicted octanol–water partition coefficient (Wildman–Crippen LogP) is 4.01. The highest BCUT2D eigenvalue weighted by Crippen LogP contribution is 2.33. The summed E-state index contributed by atoms with van der Waals surface area (Å²) in [5.41, 5.74) is 1.13. The van der Waals surface area contributed by atoms with E-state index in [-0.39, 0.29) is 29.5 Å². The summed E-state index contributed by atoms with van der Waals surface area (Å²) in [6.45, 7) is 0.304. The lowest BCUT2D eigenvalue weighted by atomic mass is 10.1. The van der Waals surface area contributed by atoms with Gasteiger partial charge in [0.15, 0.2) is 0 Å². The molecule has 0 saturated carbocycles. The zero-order valence-electron chi connectivity index (χ0n) is 16.7. The molecule has 0 unspecified atom stereocenters. The Kier molecular flexibility index (Phi) is 7.43. The van der Waals surface area contributed by atoms with Crippen LogP contribution in [0, 0.1) is 0 Å². The summed E-state index contributed by atoms with van der Waals surface area (Å²) >= 11 is 6.55. The summed E-state index contributed by atoms with van der Waals surface area (Å²) in [5, 5.41) is 11.8. The van der Waals surface area contributed by atoms with E-state index in [1.165, 1.54) is 28.8 Å². The van der Waals surface area contributed by atoms with Gasteiger partial charge >= 0.3 is 5.97 Å². The lowest BCUT2D eigenvalue weighted by Crippen LogP contribution is -2.29. The number of carbonyl (C=O) groups is 3. The Morgan fingerprint density at radius 1 is 1.19 bits per heavy atom. The topological polar surface area (TPSA) is 95.9 Å². The molecule has 1 saturated heterocycles. The number of nitrogens with zero attached hydrogens (tertiary/aromatic N) is 1. The fraction of sp³-hybridized carbons (Fsp3) is 0.182. The number of ether oxygens (including phenoxy) is 1. The molecule has 0 bridgehead atoms. The van der Waals surface area contributed by atoms with Crippen molar-refractivity contribution in [2.24, 2.45) is 0 Å². The second-order valence-electron chi connectivity index (χ2n) is 6.61. The van der Waals surface area contributed by atoms with Crippen LogP contribution in [0.1, 0.15) is 28.8 Å². The molecule has 9 heteroatoms. The fourth-order valence-electron chi connectivity index (χ4n) is 2.93. The third kappa shape index (κ3) is 5.71. The molecule has 31 heavy (non-hydrogen) atoms. The Morgan fingerprint density at radius 2 is 1.90 bits per heavy atom. The molecule has 1 heterocycles. The third-order valence-electron chi connectivity index (χ3n) is 4.50. The smallest absolute Gasteiger partial charge is 0.337 e. The number of nitrogens with one attached hydrogen (secondary N) is 1. The van der Waals surface area contributed by atoms with Gasteiger partial charge < -0.3 is 15.2 Å². The average Bonchev–Trinajstić information content (AvgIpc) is 3.02. The molecular formula is C22H20N2O5S2. The monoisotopic (exact) mass is 456 g/mol. The van der Waals surface area contributed by atoms with Gasteiger partial charge in [-0.25, -0.2) is 4.79 Å². The minimum absolute atomic E-state index is 0.0245. The van der Waals surface area contributed by atoms with Crippen LogP contribution in [0.25, 0.3) is 6.08 Å². The van der Waals surface area contributed by atoms with E-state index in [9.17, 15) is 19.5 Å². The van der Waals surface area contributed by atoms with Gasteiger partial charge in [0.1, 0.15) is 10.1 Å². The number of hydrogen-bond acceptors (Lipinski definition) is 6. The van der Waals surface area contributed by atoms with Gasteiger partial charge in [0, 0.05) is 13.0 Å². The lowest BCUT2D eigenvalue weighted by molar-refractivity contribution is -0.122. The first-order valence-corrected chi connectivity index (χ1v) is 10.6. The number of para-hydroxylation sites is 1. The number of benzene rings is 2. The number of thiocarbonyl (C=S) groups is 1. The summed E-state index contributed by atoms with van der Waals surface area (Å²) < 4.78 is 5.58. The second-order valence-corrected chi connectivity index (χ2v) is 8.28. The van der Waals surface area contributed by atoms with Crippen molar-refractivity contribution in [2.45, 2.75) is 12.8 Å². The van der Waals surface area contributed by atoms with Crippen LogP contribution in [0.4, 0.5) is 5.69 Å². The quantitative estimate of drug-likeness (QED) is 0.458. The van der Waals surface area contributed by atoms with Crippen LogP contribution in [0.2, 0.25) is 0 Å². The van der Waals surface area contributed by atoms with Crippen LogP contribution in [-0.4, -0.2) is 45.8 Å². The van der Waals surface area contributed by atoms with E-state index in [2.05, 4.69) is 5.32 Å². The standard InChI is InChI=1S/C22H20N2O5S2/c1-29-15-10-8-14(9-11-15)13-18-20(26)24(22(30)31-18)12-4-7-19(25)23-17-6-3-2-5-16(17)21(27)28/h2-3,5-6,8-11,13H,4,7,12H2,1H3,(H,23,25)(H,27,28). The molecule has 160 valence electrons. The summed E-state index contributed by atoms with van der Waals surface area (Å²) in [6.07, 6.45) is 2.29. The van der Waals surface area contributed by atoms with Gasteiger partial charge in [-0.05, 0) is 42.3 Å². The van der Waals surface area contributed by atoms with Gasteiger partial charge in [-0.1, -0.05) is 48.2 Å². The van der Waals surface area contributed by atoms with Crippen LogP contribution in [-0.2, 0) is 9.59 Å². The Hall–Kier alpha value is -3.17. The van der Waals surface area contributed by atoms with Gasteiger partial charge in [0.25, 0.3) is 5.91 Å². The van der Waals surface area contributed by atoms with Gasteiger partial charge in [-0.3, -0.25) is 14.5 Å². The Morgan fingerprint density at radius 3 is 2.58 bits per heavy atom. The molecule has 2 N–H and O–H groups in total. The van der Waals surface area contributed by atoms with Crippen molar-refractivity contribution in [2.75, 3.05) is 19.0 Å². The Balaban J connectivity index is 1.55. The van der Waals surface area contributed by atoms with E-state index >= 15 is 0 Å². The number of aromatic carboxylic acids is 1. The maximum Gasteiger partial charge on any atom is 0.337 e. The molecule has 1 aliphatic rings. The lowest BCUT2D eigenvalue weighted by Gasteiger charge is -2.14. The molecule has 2 aromatic rings. The summed E-state index contributed by atoms with van der Waals surface area (Å²) in [4.78, 5) is 38.1. The van der Waals surface area contributed by atoms with Crippen LogP contribution in [0.15, 0.2) is 53.4 Å². The molecular weight excluding hydrogens is 436 g/mol. The van der Waals surface area contributed by atoms with E-state index in [0.29, 0.717) is 22.2 Å². The average molecular weight is 457 g/mol. The molecule has 7 nitrogen and oxygen atoms in total. The van der Waals surface area contributed by atoms with Crippen LogP contribution in [0.5, 0.6) is 5.75 Å². The normalized spacial score (nSPS) is 14.7. The Bertz CT molecular complexity index is 1050. The van der Waals surface area contributed by atoms with E-state index in [1.807, 2.05) is 24.3 Å². The minimum Gasteiger partial charge on any atom is -0.497 e. The van der Waals surface area contributed by atoms with Crippen LogP contribution in [0.3, 0.4) is 0 Å². The molecule has 2 amide bonds. The largest absolute Gasteiger partial charge is 0.497 e. The first kappa shape index (κ1) is 22.5. The molecule has 0 atom stereocenters. The predicted molar refractivity (Wildman–Crippen MR) is 124 cm³/mol. The maximum atomic E-state index is 12.7. The molecule has 3 rings (SSSR count). The molecule has 2 aromatic carbocycles. The first-order valence-electron chi connectivity index (χ1n) is 9.40. The molecule has 0 radical (unpaired) electrons. The van der Waals surface area contributed by atoms with Crippen molar-refractivity contribution < 1.29 is 24.2 Å². The number of hydrogen-bond donors (Lipinski definition) is 2. The SMILES string of the molecule is COc1ccc(C=C2SC(=S)N(CCCC(=O)Nc3ccccc3C(=O)O)C2=O)cc1. The van der Waals surface area contributed by atoms with E-state index in [0.717, 1.165) is 11.3 Å². The van der Waals surface area contributed by atoms with E-state index in [4.69, 9.17) is 17.0 Å². The molecule has 0 aliphatic carbocycles. The summed E-state index contributed by atoms with van der Waals surface area (Å²) in [7, 11) is 1.59. The summed E-state index contributed by atoms with van der Waals surface area (Å²) in [6, 6.07) is 13.5. The van der Waals surface area contributed by atoms with Crippen LogP contribution >= 0.6 is 24.0 Å². The minimum atomic E-state index is -1.11. The van der Waals surface area contributed by atoms with Gasteiger partial charge in [0.2, 0.25) is 5.91 Å². The van der Waals surface area contributed by atoms with Crippen molar-refractivity contribution in [1.82, 2.24) is 4.90 Å². The number of anilines is 1. The zero-order chi connectivity index (χ0) is 22.4. The molecule has 1 fully saturated rings. The van der Waals surface area contributed by atoms with Gasteiger partial charge in [-0.2, -0.15) is 0 Å². The van der Waals surface area contributed by atoms with Crippen LogP contribution < -0.4 is 10.1 Å².